The van der Waals surface area contributed by atoms with Crippen LogP contribution in [0, 0.1) is 0 Å². The molecule has 0 bridgehead atoms. The Bertz CT molecular complexity index is 580. The first-order chi connectivity index (χ1) is 10.2. The van der Waals surface area contributed by atoms with Crippen molar-refractivity contribution in [1.29, 1.82) is 0 Å². The van der Waals surface area contributed by atoms with Crippen molar-refractivity contribution in [3.05, 3.63) is 64.2 Å². The lowest BCUT2D eigenvalue weighted by molar-refractivity contribution is 0.408. The number of benzene rings is 2. The van der Waals surface area contributed by atoms with Gasteiger partial charge in [0.1, 0.15) is 5.75 Å². The maximum Gasteiger partial charge on any atom is 0.125 e. The Balaban J connectivity index is 2.21. The molecule has 0 radical (unpaired) electrons. The molecule has 1 atom stereocenters. The molecule has 2 aromatic rings. The number of halogens is 1. The molecule has 0 aliphatic heterocycles. The molecule has 2 N–H and O–H groups in total. The highest BCUT2D eigenvalue weighted by Crippen LogP contribution is 2.30. The van der Waals surface area contributed by atoms with Gasteiger partial charge in [0.2, 0.25) is 0 Å². The fraction of sp³-hybridized carbons (Fsp3) is 0.333. The van der Waals surface area contributed by atoms with E-state index in [0.29, 0.717) is 5.02 Å². The monoisotopic (exact) mass is 303 g/mol. The van der Waals surface area contributed by atoms with Gasteiger partial charge >= 0.3 is 0 Å². The SMILES string of the molecule is CCCCc1ccc(C(N)c2ccc(Cl)cc2OC)cc1. The first-order valence-corrected chi connectivity index (χ1v) is 7.71. The summed E-state index contributed by atoms with van der Waals surface area (Å²) in [5.74, 6) is 0.727. The average molecular weight is 304 g/mol. The first-order valence-electron chi connectivity index (χ1n) is 7.33. The van der Waals surface area contributed by atoms with Gasteiger partial charge in [-0.1, -0.05) is 55.3 Å². The zero-order chi connectivity index (χ0) is 15.2. The highest BCUT2D eigenvalue weighted by molar-refractivity contribution is 6.30. The number of aryl methyl sites for hydroxylation is 1. The molecular weight excluding hydrogens is 282 g/mol. The number of methoxy groups -OCH3 is 1. The van der Waals surface area contributed by atoms with Crippen LogP contribution >= 0.6 is 11.6 Å². The van der Waals surface area contributed by atoms with Crippen LogP contribution in [0.5, 0.6) is 5.75 Å². The molecule has 0 spiro atoms. The third kappa shape index (κ3) is 3.99. The molecule has 0 aliphatic carbocycles. The average Bonchev–Trinajstić information content (AvgIpc) is 2.52. The predicted octanol–water partition coefficient (Wildman–Crippen LogP) is 4.74. The molecule has 2 aromatic carbocycles. The Labute approximate surface area is 131 Å². The molecule has 3 heteroatoms. The predicted molar refractivity (Wildman–Crippen MR) is 89.1 cm³/mol. The number of hydrogen-bond donors (Lipinski definition) is 1. The van der Waals surface area contributed by atoms with E-state index in [2.05, 4.69) is 31.2 Å². The molecule has 112 valence electrons. The number of unbranched alkanes of at least 4 members (excludes halogenated alkanes) is 1. The fourth-order valence-corrected chi connectivity index (χ4v) is 2.56. The normalized spacial score (nSPS) is 12.2. The highest BCUT2D eigenvalue weighted by atomic mass is 35.5. The molecule has 2 nitrogen and oxygen atoms in total. The molecular formula is C18H22ClNO. The Morgan fingerprint density at radius 1 is 1.14 bits per heavy atom. The van der Waals surface area contributed by atoms with Gasteiger partial charge in [0.15, 0.2) is 0 Å². The highest BCUT2D eigenvalue weighted by Gasteiger charge is 2.14. The van der Waals surface area contributed by atoms with Crippen LogP contribution in [0.1, 0.15) is 42.5 Å². The third-order valence-electron chi connectivity index (χ3n) is 3.69. The van der Waals surface area contributed by atoms with Crippen molar-refractivity contribution < 1.29 is 4.74 Å². The lowest BCUT2D eigenvalue weighted by atomic mass is 9.97. The molecule has 1 unspecified atom stereocenters. The Hall–Kier alpha value is -1.51. The standard InChI is InChI=1S/C18H22ClNO/c1-3-4-5-13-6-8-14(9-7-13)18(20)16-11-10-15(19)12-17(16)21-2/h6-12,18H,3-5,20H2,1-2H3. The van der Waals surface area contributed by atoms with Crippen molar-refractivity contribution in [2.24, 2.45) is 5.73 Å². The van der Waals surface area contributed by atoms with E-state index in [4.69, 9.17) is 22.1 Å². The van der Waals surface area contributed by atoms with Gasteiger partial charge in [-0.25, -0.2) is 0 Å². The van der Waals surface area contributed by atoms with Crippen molar-refractivity contribution in [3.8, 4) is 5.75 Å². The Morgan fingerprint density at radius 2 is 1.86 bits per heavy atom. The number of hydrogen-bond acceptors (Lipinski definition) is 2. The summed E-state index contributed by atoms with van der Waals surface area (Å²) in [7, 11) is 1.63. The van der Waals surface area contributed by atoms with Crippen LogP contribution in [0.2, 0.25) is 5.02 Å². The summed E-state index contributed by atoms with van der Waals surface area (Å²) in [5.41, 5.74) is 9.75. The zero-order valence-electron chi connectivity index (χ0n) is 12.6. The quantitative estimate of drug-likeness (QED) is 0.836. The molecule has 0 fully saturated rings. The number of rotatable bonds is 6. The van der Waals surface area contributed by atoms with Crippen LogP contribution < -0.4 is 10.5 Å². The molecule has 0 heterocycles. The molecule has 0 aromatic heterocycles. The van der Waals surface area contributed by atoms with Crippen molar-refractivity contribution >= 4 is 11.6 Å². The van der Waals surface area contributed by atoms with E-state index < -0.39 is 0 Å². The molecule has 0 saturated heterocycles. The largest absolute Gasteiger partial charge is 0.496 e. The summed E-state index contributed by atoms with van der Waals surface area (Å²) in [6, 6.07) is 13.9. The molecule has 0 saturated carbocycles. The van der Waals surface area contributed by atoms with Gasteiger partial charge in [-0.3, -0.25) is 0 Å². The molecule has 0 aliphatic rings. The van der Waals surface area contributed by atoms with E-state index in [1.165, 1.54) is 18.4 Å². The van der Waals surface area contributed by atoms with Gasteiger partial charge in [-0.05, 0) is 36.1 Å². The topological polar surface area (TPSA) is 35.2 Å². The Morgan fingerprint density at radius 3 is 2.48 bits per heavy atom. The van der Waals surface area contributed by atoms with E-state index in [1.807, 2.05) is 12.1 Å². The smallest absolute Gasteiger partial charge is 0.125 e. The van der Waals surface area contributed by atoms with Crippen molar-refractivity contribution in [3.63, 3.8) is 0 Å². The van der Waals surface area contributed by atoms with Crippen LogP contribution in [0.3, 0.4) is 0 Å². The summed E-state index contributed by atoms with van der Waals surface area (Å²) >= 11 is 5.99. The summed E-state index contributed by atoms with van der Waals surface area (Å²) in [5, 5.41) is 0.651. The Kier molecular flexibility index (Phi) is 5.66. The van der Waals surface area contributed by atoms with Crippen LogP contribution in [-0.2, 0) is 6.42 Å². The number of nitrogens with two attached hydrogens (primary N) is 1. The van der Waals surface area contributed by atoms with Gasteiger partial charge in [0.25, 0.3) is 0 Å². The van der Waals surface area contributed by atoms with Gasteiger partial charge in [-0.2, -0.15) is 0 Å². The van der Waals surface area contributed by atoms with E-state index in [9.17, 15) is 0 Å². The second kappa shape index (κ2) is 7.48. The zero-order valence-corrected chi connectivity index (χ0v) is 13.4. The van der Waals surface area contributed by atoms with Gasteiger partial charge < -0.3 is 10.5 Å². The van der Waals surface area contributed by atoms with E-state index >= 15 is 0 Å². The minimum atomic E-state index is -0.211. The maximum absolute atomic E-state index is 6.37. The summed E-state index contributed by atoms with van der Waals surface area (Å²) in [6.07, 6.45) is 3.55. The van der Waals surface area contributed by atoms with Gasteiger partial charge in [-0.15, -0.1) is 0 Å². The summed E-state index contributed by atoms with van der Waals surface area (Å²) in [6.45, 7) is 2.21. The van der Waals surface area contributed by atoms with Crippen LogP contribution in [0.15, 0.2) is 42.5 Å². The summed E-state index contributed by atoms with van der Waals surface area (Å²) < 4.78 is 5.38. The number of ether oxygens (including phenoxy) is 1. The third-order valence-corrected chi connectivity index (χ3v) is 3.92. The second-order valence-corrected chi connectivity index (χ2v) is 5.65. The fourth-order valence-electron chi connectivity index (χ4n) is 2.39. The molecule has 21 heavy (non-hydrogen) atoms. The van der Waals surface area contributed by atoms with Crippen molar-refractivity contribution in [1.82, 2.24) is 0 Å². The van der Waals surface area contributed by atoms with E-state index in [0.717, 1.165) is 23.3 Å². The minimum Gasteiger partial charge on any atom is -0.496 e. The van der Waals surface area contributed by atoms with Crippen molar-refractivity contribution in [2.45, 2.75) is 32.2 Å². The van der Waals surface area contributed by atoms with Gasteiger partial charge in [0.05, 0.1) is 13.2 Å². The van der Waals surface area contributed by atoms with Crippen LogP contribution in [0.4, 0.5) is 0 Å². The van der Waals surface area contributed by atoms with Gasteiger partial charge in [0, 0.05) is 10.6 Å². The van der Waals surface area contributed by atoms with Crippen molar-refractivity contribution in [2.75, 3.05) is 7.11 Å². The maximum atomic E-state index is 6.37. The molecule has 2 rings (SSSR count). The van der Waals surface area contributed by atoms with E-state index in [-0.39, 0.29) is 6.04 Å². The van der Waals surface area contributed by atoms with E-state index in [1.54, 1.807) is 13.2 Å². The minimum absolute atomic E-state index is 0.211. The molecule has 0 amide bonds. The lowest BCUT2D eigenvalue weighted by Crippen LogP contribution is -2.13. The summed E-state index contributed by atoms with van der Waals surface area (Å²) in [4.78, 5) is 0. The second-order valence-electron chi connectivity index (χ2n) is 5.21. The first kappa shape index (κ1) is 15.9. The van der Waals surface area contributed by atoms with Crippen LogP contribution in [0.25, 0.3) is 0 Å². The lowest BCUT2D eigenvalue weighted by Gasteiger charge is -2.17. The van der Waals surface area contributed by atoms with Crippen LogP contribution in [-0.4, -0.2) is 7.11 Å².